The molecule has 1 aromatic heterocycles. The lowest BCUT2D eigenvalue weighted by molar-refractivity contribution is -0.132. The highest BCUT2D eigenvalue weighted by Crippen LogP contribution is 2.32. The molecule has 0 bridgehead atoms. The average molecular weight is 404 g/mol. The summed E-state index contributed by atoms with van der Waals surface area (Å²) in [6, 6.07) is 0. The van der Waals surface area contributed by atoms with E-state index in [4.69, 9.17) is 16.6 Å². The molecular weight excluding hydrogens is 382 g/mol. The largest absolute Gasteiger partial charge is 0.478 e. The number of alkyl halides is 1. The quantitative estimate of drug-likeness (QED) is 0.399. The Balaban J connectivity index is 1.79. The second-order valence-corrected chi connectivity index (χ2v) is 7.66. The van der Waals surface area contributed by atoms with Crippen molar-refractivity contribution in [2.24, 2.45) is 5.10 Å². The molecular formula is C20H22ClN3O2S. The van der Waals surface area contributed by atoms with Crippen LogP contribution in [0.5, 0.6) is 0 Å². The Morgan fingerprint density at radius 3 is 2.93 bits per heavy atom. The molecule has 0 saturated carbocycles. The molecule has 0 fully saturated rings. The number of carbonyl (C=O) groups is 1. The molecule has 2 aliphatic carbocycles. The molecule has 142 valence electrons. The number of aromatic nitrogens is 1. The van der Waals surface area contributed by atoms with E-state index >= 15 is 0 Å². The number of nitrogens with zero attached hydrogens (tertiary/aromatic N) is 3. The molecule has 0 saturated heterocycles. The molecule has 2 aliphatic rings. The van der Waals surface area contributed by atoms with Crippen LogP contribution in [0.3, 0.4) is 0 Å². The maximum Gasteiger partial charge on any atom is 0.336 e. The van der Waals surface area contributed by atoms with Gasteiger partial charge in [0.25, 0.3) is 0 Å². The summed E-state index contributed by atoms with van der Waals surface area (Å²) >= 11 is 7.91. The fourth-order valence-corrected chi connectivity index (χ4v) is 4.11. The van der Waals surface area contributed by atoms with Crippen LogP contribution in [0, 0.1) is 0 Å². The van der Waals surface area contributed by atoms with Crippen LogP contribution in [0.15, 0.2) is 58.1 Å². The fourth-order valence-electron chi connectivity index (χ4n) is 2.96. The Hall–Kier alpha value is -2.18. The van der Waals surface area contributed by atoms with Gasteiger partial charge < -0.3 is 5.11 Å². The zero-order valence-electron chi connectivity index (χ0n) is 15.1. The van der Waals surface area contributed by atoms with E-state index in [0.717, 1.165) is 30.1 Å². The Morgan fingerprint density at radius 1 is 1.41 bits per heavy atom. The number of aliphatic carboxylic acids is 1. The summed E-state index contributed by atoms with van der Waals surface area (Å²) in [7, 11) is 0. The van der Waals surface area contributed by atoms with Crippen molar-refractivity contribution in [1.29, 1.82) is 0 Å². The van der Waals surface area contributed by atoms with Crippen molar-refractivity contribution in [3.63, 3.8) is 0 Å². The molecule has 27 heavy (non-hydrogen) atoms. The second-order valence-electron chi connectivity index (χ2n) is 6.32. The van der Waals surface area contributed by atoms with Gasteiger partial charge >= 0.3 is 5.97 Å². The number of rotatable bonds is 7. The maximum atomic E-state index is 11.4. The van der Waals surface area contributed by atoms with Gasteiger partial charge in [-0.3, -0.25) is 0 Å². The summed E-state index contributed by atoms with van der Waals surface area (Å²) in [4.78, 5) is 16.1. The number of carboxylic acids is 1. The van der Waals surface area contributed by atoms with Gasteiger partial charge in [0.15, 0.2) is 0 Å². The lowest BCUT2D eigenvalue weighted by Crippen LogP contribution is -2.19. The van der Waals surface area contributed by atoms with Crippen LogP contribution in [0.4, 0.5) is 5.13 Å². The van der Waals surface area contributed by atoms with Crippen LogP contribution in [0.2, 0.25) is 0 Å². The summed E-state index contributed by atoms with van der Waals surface area (Å²) in [5, 5.41) is 18.4. The van der Waals surface area contributed by atoms with Gasteiger partial charge in [0.2, 0.25) is 5.13 Å². The van der Waals surface area contributed by atoms with E-state index in [2.05, 4.69) is 18.1 Å². The van der Waals surface area contributed by atoms with Gasteiger partial charge in [-0.05, 0) is 19.3 Å². The minimum absolute atomic E-state index is 0.0525. The normalized spacial score (nSPS) is 22.0. The third-order valence-electron chi connectivity index (χ3n) is 4.33. The van der Waals surface area contributed by atoms with Gasteiger partial charge in [0, 0.05) is 23.4 Å². The van der Waals surface area contributed by atoms with E-state index in [1.165, 1.54) is 11.3 Å². The maximum absolute atomic E-state index is 11.4. The van der Waals surface area contributed by atoms with E-state index in [1.54, 1.807) is 12.3 Å². The standard InChI is InChI=1S/C20H22ClN3O2S/c1-2-11-24(22-12-14-7-3-4-8-15(14)19(25)26)20-23-18(13-27-20)16-9-5-6-10-17(16)21/h5-10,12-13,16-17H,2-4,11H2,1H3,(H,25,26)/b22-12+. The first-order chi connectivity index (χ1) is 13.1. The minimum atomic E-state index is -0.920. The Kier molecular flexibility index (Phi) is 6.63. The highest BCUT2D eigenvalue weighted by atomic mass is 35.5. The van der Waals surface area contributed by atoms with Crippen molar-refractivity contribution in [3.05, 3.63) is 58.7 Å². The summed E-state index contributed by atoms with van der Waals surface area (Å²) in [6.45, 7) is 2.77. The molecule has 0 aromatic carbocycles. The molecule has 0 spiro atoms. The molecule has 5 nitrogen and oxygen atoms in total. The van der Waals surface area contributed by atoms with E-state index < -0.39 is 5.97 Å². The van der Waals surface area contributed by atoms with Crippen molar-refractivity contribution in [2.75, 3.05) is 11.6 Å². The SMILES string of the molecule is CCCN(/N=C/C1=CCCC=C1C(=O)O)c1nc(C2C=CC=CC2Cl)cs1. The van der Waals surface area contributed by atoms with Gasteiger partial charge in [0.05, 0.1) is 22.9 Å². The minimum Gasteiger partial charge on any atom is -0.478 e. The van der Waals surface area contributed by atoms with Crippen molar-refractivity contribution < 1.29 is 9.90 Å². The molecule has 0 aliphatic heterocycles. The summed E-state index contributed by atoms with van der Waals surface area (Å²) in [5.74, 6) is -0.868. The van der Waals surface area contributed by atoms with Gasteiger partial charge in [-0.1, -0.05) is 43.4 Å². The Morgan fingerprint density at radius 2 is 2.19 bits per heavy atom. The number of hydrogen-bond donors (Lipinski definition) is 1. The number of allylic oxidation sites excluding steroid dienone is 6. The summed E-state index contributed by atoms with van der Waals surface area (Å²) in [6.07, 6.45) is 15.7. The first-order valence-corrected chi connectivity index (χ1v) is 10.3. The molecule has 3 rings (SSSR count). The predicted molar refractivity (Wildman–Crippen MR) is 112 cm³/mol. The van der Waals surface area contributed by atoms with Gasteiger partial charge in [-0.15, -0.1) is 22.9 Å². The van der Waals surface area contributed by atoms with Gasteiger partial charge in [-0.25, -0.2) is 14.8 Å². The average Bonchev–Trinajstić information content (AvgIpc) is 3.15. The van der Waals surface area contributed by atoms with Crippen LogP contribution in [0.25, 0.3) is 0 Å². The first kappa shape index (κ1) is 19.6. The van der Waals surface area contributed by atoms with E-state index in [9.17, 15) is 9.90 Å². The number of hydrogen-bond acceptors (Lipinski definition) is 5. The van der Waals surface area contributed by atoms with Gasteiger partial charge in [-0.2, -0.15) is 5.10 Å². The summed E-state index contributed by atoms with van der Waals surface area (Å²) < 4.78 is 0. The van der Waals surface area contributed by atoms with Crippen LogP contribution >= 0.6 is 22.9 Å². The zero-order valence-corrected chi connectivity index (χ0v) is 16.7. The highest BCUT2D eigenvalue weighted by Gasteiger charge is 2.22. The fraction of sp³-hybridized carbons (Fsp3) is 0.350. The van der Waals surface area contributed by atoms with Crippen molar-refractivity contribution in [2.45, 2.75) is 37.5 Å². The number of halogens is 1. The molecule has 0 radical (unpaired) electrons. The molecule has 2 unspecified atom stereocenters. The lowest BCUT2D eigenvalue weighted by Gasteiger charge is -2.17. The zero-order chi connectivity index (χ0) is 19.2. The van der Waals surface area contributed by atoms with E-state index in [-0.39, 0.29) is 11.3 Å². The van der Waals surface area contributed by atoms with Crippen LogP contribution in [-0.2, 0) is 4.79 Å². The molecule has 1 heterocycles. The topological polar surface area (TPSA) is 65.8 Å². The number of carboxylic acid groups (broad SMARTS) is 1. The number of thiazole rings is 1. The molecule has 0 amide bonds. The Bertz CT molecular complexity index is 838. The smallest absolute Gasteiger partial charge is 0.336 e. The first-order valence-electron chi connectivity index (χ1n) is 9.00. The van der Waals surface area contributed by atoms with E-state index in [0.29, 0.717) is 17.7 Å². The van der Waals surface area contributed by atoms with Crippen LogP contribution < -0.4 is 5.01 Å². The molecule has 1 N–H and O–H groups in total. The molecule has 1 aromatic rings. The number of anilines is 1. The van der Waals surface area contributed by atoms with Crippen LogP contribution in [-0.4, -0.2) is 34.2 Å². The number of hydrazone groups is 1. The molecule has 2 atom stereocenters. The van der Waals surface area contributed by atoms with E-state index in [1.807, 2.05) is 34.7 Å². The predicted octanol–water partition coefficient (Wildman–Crippen LogP) is 4.89. The second kappa shape index (κ2) is 9.15. The lowest BCUT2D eigenvalue weighted by atomic mass is 9.98. The molecule has 7 heteroatoms. The Labute approximate surface area is 168 Å². The van der Waals surface area contributed by atoms with Gasteiger partial charge in [0.1, 0.15) is 0 Å². The van der Waals surface area contributed by atoms with Crippen LogP contribution in [0.1, 0.15) is 37.8 Å². The van der Waals surface area contributed by atoms with Crippen molar-refractivity contribution in [3.8, 4) is 0 Å². The third-order valence-corrected chi connectivity index (χ3v) is 5.62. The summed E-state index contributed by atoms with van der Waals surface area (Å²) in [5.41, 5.74) is 1.88. The van der Waals surface area contributed by atoms with Crippen molar-refractivity contribution >= 4 is 40.3 Å². The van der Waals surface area contributed by atoms with Crippen molar-refractivity contribution in [1.82, 2.24) is 4.98 Å². The highest BCUT2D eigenvalue weighted by molar-refractivity contribution is 7.13. The third kappa shape index (κ3) is 4.76. The monoisotopic (exact) mass is 403 g/mol.